The van der Waals surface area contributed by atoms with Gasteiger partial charge in [0.25, 0.3) is 0 Å². The summed E-state index contributed by atoms with van der Waals surface area (Å²) in [4.78, 5) is 12.3. The largest absolute Gasteiger partial charge is 0.494 e. The van der Waals surface area contributed by atoms with Gasteiger partial charge in [-0.05, 0) is 47.9 Å². The summed E-state index contributed by atoms with van der Waals surface area (Å²) in [6, 6.07) is 25.8. The van der Waals surface area contributed by atoms with Gasteiger partial charge in [0.15, 0.2) is 0 Å². The predicted octanol–water partition coefficient (Wildman–Crippen LogP) is 5.73. The van der Waals surface area contributed by atoms with Crippen LogP contribution in [-0.2, 0) is 9.53 Å². The fourth-order valence-corrected chi connectivity index (χ4v) is 3.10. The van der Waals surface area contributed by atoms with Crippen LogP contribution in [0.4, 0.5) is 0 Å². The fraction of sp³-hybridized carbons (Fsp3) is 0.0800. The summed E-state index contributed by atoms with van der Waals surface area (Å²) in [7, 11) is 0. The van der Waals surface area contributed by atoms with Gasteiger partial charge in [0.05, 0.1) is 12.2 Å². The highest BCUT2D eigenvalue weighted by molar-refractivity contribution is 6.05. The molecule has 0 fully saturated rings. The van der Waals surface area contributed by atoms with E-state index >= 15 is 0 Å². The van der Waals surface area contributed by atoms with E-state index in [2.05, 4.69) is 12.1 Å². The smallest absolute Gasteiger partial charge is 0.343 e. The Morgan fingerprint density at radius 1 is 0.821 bits per heavy atom. The molecule has 0 N–H and O–H groups in total. The molecule has 0 saturated heterocycles. The Labute approximate surface area is 164 Å². The third kappa shape index (κ3) is 3.89. The van der Waals surface area contributed by atoms with Gasteiger partial charge in [0, 0.05) is 5.56 Å². The van der Waals surface area contributed by atoms with Gasteiger partial charge in [0.2, 0.25) is 0 Å². The molecule has 3 aromatic rings. The van der Waals surface area contributed by atoms with Crippen molar-refractivity contribution < 1.29 is 14.3 Å². The molecule has 138 valence electrons. The zero-order valence-electron chi connectivity index (χ0n) is 15.6. The Morgan fingerprint density at radius 3 is 2.14 bits per heavy atom. The van der Waals surface area contributed by atoms with Gasteiger partial charge >= 0.3 is 5.97 Å². The lowest BCUT2D eigenvalue weighted by molar-refractivity contribution is -0.130. The first-order chi connectivity index (χ1) is 13.7. The second-order valence-corrected chi connectivity index (χ2v) is 6.44. The van der Waals surface area contributed by atoms with Crippen molar-refractivity contribution in [2.45, 2.75) is 6.92 Å². The van der Waals surface area contributed by atoms with Crippen molar-refractivity contribution >= 4 is 17.8 Å². The summed E-state index contributed by atoms with van der Waals surface area (Å²) in [6.45, 7) is 2.57. The maximum atomic E-state index is 12.3. The average Bonchev–Trinajstić information content (AvgIpc) is 3.11. The minimum absolute atomic E-state index is 0.337. The molecule has 3 nitrogen and oxygen atoms in total. The molecule has 0 amide bonds. The third-order valence-electron chi connectivity index (χ3n) is 4.51. The number of cyclic esters (lactones) is 1. The molecule has 3 heteroatoms. The van der Waals surface area contributed by atoms with E-state index < -0.39 is 0 Å². The first-order valence-electron chi connectivity index (χ1n) is 9.27. The third-order valence-corrected chi connectivity index (χ3v) is 4.51. The molecule has 0 aliphatic carbocycles. The van der Waals surface area contributed by atoms with Crippen molar-refractivity contribution in [3.63, 3.8) is 0 Å². The monoisotopic (exact) mass is 368 g/mol. The van der Waals surface area contributed by atoms with Crippen molar-refractivity contribution in [2.75, 3.05) is 6.61 Å². The minimum Gasteiger partial charge on any atom is -0.494 e. The van der Waals surface area contributed by atoms with Crippen LogP contribution in [-0.4, -0.2) is 12.6 Å². The standard InChI is InChI=1S/C25H20O3/c1-2-27-23-14-8-18(9-15-23)16-22-17-24(28-25(22)26)21-12-10-20(11-13-21)19-6-4-3-5-7-19/h3-17H,2H2,1H3/b22-16-. The van der Waals surface area contributed by atoms with E-state index in [-0.39, 0.29) is 5.97 Å². The van der Waals surface area contributed by atoms with Crippen LogP contribution in [0.2, 0.25) is 0 Å². The zero-order chi connectivity index (χ0) is 19.3. The number of hydrogen-bond acceptors (Lipinski definition) is 3. The Morgan fingerprint density at radius 2 is 1.46 bits per heavy atom. The van der Waals surface area contributed by atoms with E-state index in [0.29, 0.717) is 17.9 Å². The molecule has 0 bridgehead atoms. The normalized spacial score (nSPS) is 14.7. The number of ether oxygens (including phenoxy) is 2. The number of benzene rings is 3. The van der Waals surface area contributed by atoms with Crippen molar-refractivity contribution in [2.24, 2.45) is 0 Å². The zero-order valence-corrected chi connectivity index (χ0v) is 15.6. The predicted molar refractivity (Wildman–Crippen MR) is 112 cm³/mol. The van der Waals surface area contributed by atoms with Gasteiger partial charge in [-0.2, -0.15) is 0 Å². The molecule has 0 radical (unpaired) electrons. The lowest BCUT2D eigenvalue weighted by atomic mass is 10.0. The molecule has 0 saturated carbocycles. The molecular formula is C25H20O3. The summed E-state index contributed by atoms with van der Waals surface area (Å²) in [5, 5.41) is 0. The number of esters is 1. The molecule has 1 aliphatic rings. The molecule has 0 atom stereocenters. The highest BCUT2D eigenvalue weighted by Gasteiger charge is 2.22. The van der Waals surface area contributed by atoms with Crippen LogP contribution in [0.1, 0.15) is 18.1 Å². The molecule has 3 aromatic carbocycles. The first kappa shape index (κ1) is 17.8. The van der Waals surface area contributed by atoms with E-state index in [0.717, 1.165) is 28.0 Å². The lowest BCUT2D eigenvalue weighted by Gasteiger charge is -2.05. The summed E-state index contributed by atoms with van der Waals surface area (Å²) in [5.74, 6) is 1.05. The maximum Gasteiger partial charge on any atom is 0.343 e. The second kappa shape index (κ2) is 7.97. The topological polar surface area (TPSA) is 35.5 Å². The maximum absolute atomic E-state index is 12.3. The van der Waals surface area contributed by atoms with E-state index in [1.807, 2.05) is 79.7 Å². The number of rotatable bonds is 5. The number of carbonyl (C=O) groups is 1. The van der Waals surface area contributed by atoms with E-state index in [1.165, 1.54) is 0 Å². The molecule has 1 aliphatic heterocycles. The average molecular weight is 368 g/mol. The van der Waals surface area contributed by atoms with Crippen LogP contribution in [0.3, 0.4) is 0 Å². The van der Waals surface area contributed by atoms with Crippen molar-refractivity contribution in [3.05, 3.63) is 102 Å². The van der Waals surface area contributed by atoms with Gasteiger partial charge in [-0.1, -0.05) is 66.7 Å². The Kier molecular flexibility index (Phi) is 5.07. The van der Waals surface area contributed by atoms with Gasteiger partial charge in [0.1, 0.15) is 11.5 Å². The van der Waals surface area contributed by atoms with Crippen LogP contribution in [0.5, 0.6) is 5.75 Å². The summed E-state index contributed by atoms with van der Waals surface area (Å²) < 4.78 is 10.9. The molecule has 1 heterocycles. The van der Waals surface area contributed by atoms with Crippen molar-refractivity contribution in [1.82, 2.24) is 0 Å². The van der Waals surface area contributed by atoms with Gasteiger partial charge in [-0.3, -0.25) is 0 Å². The Balaban J connectivity index is 1.55. The van der Waals surface area contributed by atoms with Crippen LogP contribution >= 0.6 is 0 Å². The summed E-state index contributed by atoms with van der Waals surface area (Å²) in [5.41, 5.74) is 4.61. The van der Waals surface area contributed by atoms with Gasteiger partial charge < -0.3 is 9.47 Å². The highest BCUT2D eigenvalue weighted by Crippen LogP contribution is 2.29. The fourth-order valence-electron chi connectivity index (χ4n) is 3.10. The van der Waals surface area contributed by atoms with Crippen LogP contribution in [0.15, 0.2) is 90.5 Å². The highest BCUT2D eigenvalue weighted by atomic mass is 16.5. The Hall–Kier alpha value is -3.59. The van der Waals surface area contributed by atoms with Crippen LogP contribution < -0.4 is 4.74 Å². The molecule has 4 rings (SSSR count). The lowest BCUT2D eigenvalue weighted by Crippen LogP contribution is -1.97. The van der Waals surface area contributed by atoms with E-state index in [9.17, 15) is 4.79 Å². The first-order valence-corrected chi connectivity index (χ1v) is 9.27. The van der Waals surface area contributed by atoms with Crippen molar-refractivity contribution in [1.29, 1.82) is 0 Å². The summed E-state index contributed by atoms with van der Waals surface area (Å²) >= 11 is 0. The number of hydrogen-bond donors (Lipinski definition) is 0. The van der Waals surface area contributed by atoms with E-state index in [4.69, 9.17) is 9.47 Å². The van der Waals surface area contributed by atoms with Gasteiger partial charge in [-0.15, -0.1) is 0 Å². The summed E-state index contributed by atoms with van der Waals surface area (Å²) in [6.07, 6.45) is 3.61. The molecular weight excluding hydrogens is 348 g/mol. The van der Waals surface area contributed by atoms with Crippen LogP contribution in [0.25, 0.3) is 23.0 Å². The van der Waals surface area contributed by atoms with Gasteiger partial charge in [-0.25, -0.2) is 4.79 Å². The minimum atomic E-state index is -0.337. The molecule has 0 spiro atoms. The molecule has 28 heavy (non-hydrogen) atoms. The van der Waals surface area contributed by atoms with Crippen molar-refractivity contribution in [3.8, 4) is 16.9 Å². The van der Waals surface area contributed by atoms with Crippen LogP contribution in [0, 0.1) is 0 Å². The second-order valence-electron chi connectivity index (χ2n) is 6.44. The number of carbonyl (C=O) groups excluding carboxylic acids is 1. The Bertz CT molecular complexity index is 1030. The molecule has 0 unspecified atom stereocenters. The SMILES string of the molecule is CCOc1ccc(/C=C2/C=C(c3ccc(-c4ccccc4)cc3)OC2=O)cc1. The quantitative estimate of drug-likeness (QED) is 0.426. The molecule has 0 aromatic heterocycles. The van der Waals surface area contributed by atoms with E-state index in [1.54, 1.807) is 6.08 Å².